The fraction of sp³-hybridized carbons (Fsp3) is 0.600. The molecule has 1 aromatic carbocycles. The third-order valence-electron chi connectivity index (χ3n) is 3.02. The highest BCUT2D eigenvalue weighted by atomic mass is 79.9. The highest BCUT2D eigenvalue weighted by Crippen LogP contribution is 2.27. The van der Waals surface area contributed by atoms with Crippen molar-refractivity contribution < 1.29 is 4.74 Å². The Bertz CT molecular complexity index is 371. The standard InChI is InChI=1S/C15H25BrN2O/c1-4-17-12-13-7-8-15(14(16)11-13)18(5-2)9-10-19-6-3/h7-8,11,17H,4-6,9-10,12H2,1-3H3. The molecule has 3 nitrogen and oxygen atoms in total. The molecular weight excluding hydrogens is 304 g/mol. The van der Waals surface area contributed by atoms with Crippen LogP contribution in [0, 0.1) is 0 Å². The minimum Gasteiger partial charge on any atom is -0.380 e. The average Bonchev–Trinajstić information content (AvgIpc) is 2.42. The summed E-state index contributed by atoms with van der Waals surface area (Å²) in [5, 5.41) is 3.34. The smallest absolute Gasteiger partial charge is 0.0641 e. The second kappa shape index (κ2) is 9.34. The fourth-order valence-corrected chi connectivity index (χ4v) is 2.63. The van der Waals surface area contributed by atoms with Crippen LogP contribution >= 0.6 is 15.9 Å². The van der Waals surface area contributed by atoms with Gasteiger partial charge < -0.3 is 15.0 Å². The second-order valence-corrected chi connectivity index (χ2v) is 5.20. The van der Waals surface area contributed by atoms with Crippen LogP contribution in [-0.2, 0) is 11.3 Å². The summed E-state index contributed by atoms with van der Waals surface area (Å²) < 4.78 is 6.59. The van der Waals surface area contributed by atoms with E-state index >= 15 is 0 Å². The van der Waals surface area contributed by atoms with Crippen molar-refractivity contribution in [3.63, 3.8) is 0 Å². The molecular formula is C15H25BrN2O. The maximum absolute atomic E-state index is 5.44. The molecule has 0 saturated heterocycles. The van der Waals surface area contributed by atoms with E-state index < -0.39 is 0 Å². The molecule has 0 aliphatic heterocycles. The van der Waals surface area contributed by atoms with Gasteiger partial charge in [-0.1, -0.05) is 13.0 Å². The number of nitrogens with zero attached hydrogens (tertiary/aromatic N) is 1. The summed E-state index contributed by atoms with van der Waals surface area (Å²) in [5.74, 6) is 0. The number of hydrogen-bond donors (Lipinski definition) is 1. The van der Waals surface area contributed by atoms with Gasteiger partial charge in [-0.2, -0.15) is 0 Å². The van der Waals surface area contributed by atoms with Crippen molar-refractivity contribution in [2.24, 2.45) is 0 Å². The summed E-state index contributed by atoms with van der Waals surface area (Å²) in [5.41, 5.74) is 2.54. The van der Waals surface area contributed by atoms with Gasteiger partial charge in [0.15, 0.2) is 0 Å². The van der Waals surface area contributed by atoms with Gasteiger partial charge in [-0.05, 0) is 54.0 Å². The van der Waals surface area contributed by atoms with E-state index in [2.05, 4.69) is 58.2 Å². The van der Waals surface area contributed by atoms with Gasteiger partial charge in [0, 0.05) is 30.7 Å². The molecule has 1 rings (SSSR count). The Morgan fingerprint density at radius 1 is 1.26 bits per heavy atom. The quantitative estimate of drug-likeness (QED) is 0.703. The number of rotatable bonds is 9. The van der Waals surface area contributed by atoms with Crippen LogP contribution in [0.2, 0.25) is 0 Å². The van der Waals surface area contributed by atoms with Crippen LogP contribution in [0.4, 0.5) is 5.69 Å². The summed E-state index contributed by atoms with van der Waals surface area (Å²) >= 11 is 3.68. The van der Waals surface area contributed by atoms with E-state index in [0.29, 0.717) is 0 Å². The summed E-state index contributed by atoms with van der Waals surface area (Å²) in [6.07, 6.45) is 0. The van der Waals surface area contributed by atoms with Crippen molar-refractivity contribution in [2.75, 3.05) is 37.7 Å². The molecule has 0 aliphatic carbocycles. The van der Waals surface area contributed by atoms with Crippen molar-refractivity contribution in [3.05, 3.63) is 28.2 Å². The second-order valence-electron chi connectivity index (χ2n) is 4.34. The van der Waals surface area contributed by atoms with Gasteiger partial charge in [0.1, 0.15) is 0 Å². The number of hydrogen-bond acceptors (Lipinski definition) is 3. The van der Waals surface area contributed by atoms with Crippen molar-refractivity contribution in [3.8, 4) is 0 Å². The van der Waals surface area contributed by atoms with Crippen LogP contribution in [0.15, 0.2) is 22.7 Å². The molecule has 0 aliphatic rings. The molecule has 0 radical (unpaired) electrons. The van der Waals surface area contributed by atoms with Gasteiger partial charge in [0.25, 0.3) is 0 Å². The lowest BCUT2D eigenvalue weighted by Crippen LogP contribution is -2.27. The van der Waals surface area contributed by atoms with E-state index in [1.165, 1.54) is 11.3 Å². The van der Waals surface area contributed by atoms with Crippen molar-refractivity contribution in [1.82, 2.24) is 5.32 Å². The maximum Gasteiger partial charge on any atom is 0.0641 e. The molecule has 0 heterocycles. The zero-order valence-corrected chi connectivity index (χ0v) is 13.8. The molecule has 19 heavy (non-hydrogen) atoms. The summed E-state index contributed by atoms with van der Waals surface area (Å²) in [6.45, 7) is 11.7. The third kappa shape index (κ3) is 5.51. The summed E-state index contributed by atoms with van der Waals surface area (Å²) in [6, 6.07) is 6.57. The SMILES string of the molecule is CCNCc1ccc(N(CC)CCOCC)c(Br)c1. The molecule has 0 amide bonds. The first-order valence-corrected chi connectivity index (χ1v) is 7.84. The predicted octanol–water partition coefficient (Wildman–Crippen LogP) is 3.42. The molecule has 0 unspecified atom stereocenters. The lowest BCUT2D eigenvalue weighted by Gasteiger charge is -2.24. The van der Waals surface area contributed by atoms with E-state index in [1.54, 1.807) is 0 Å². The first kappa shape index (κ1) is 16.5. The Balaban J connectivity index is 2.69. The van der Waals surface area contributed by atoms with Crippen LogP contribution in [0.1, 0.15) is 26.3 Å². The number of halogens is 1. The molecule has 1 N–H and O–H groups in total. The van der Waals surface area contributed by atoms with E-state index in [4.69, 9.17) is 4.74 Å². The molecule has 0 aromatic heterocycles. The summed E-state index contributed by atoms with van der Waals surface area (Å²) in [4.78, 5) is 2.33. The monoisotopic (exact) mass is 328 g/mol. The Morgan fingerprint density at radius 2 is 2.05 bits per heavy atom. The van der Waals surface area contributed by atoms with Gasteiger partial charge in [-0.3, -0.25) is 0 Å². The van der Waals surface area contributed by atoms with Gasteiger partial charge in [0.2, 0.25) is 0 Å². The Kier molecular flexibility index (Phi) is 8.10. The van der Waals surface area contributed by atoms with E-state index in [-0.39, 0.29) is 0 Å². The molecule has 0 bridgehead atoms. The molecule has 108 valence electrons. The van der Waals surface area contributed by atoms with Crippen molar-refractivity contribution in [1.29, 1.82) is 0 Å². The van der Waals surface area contributed by atoms with Gasteiger partial charge in [-0.25, -0.2) is 0 Å². The normalized spacial score (nSPS) is 10.7. The fourth-order valence-electron chi connectivity index (χ4n) is 1.95. The molecule has 0 saturated carbocycles. The maximum atomic E-state index is 5.44. The van der Waals surface area contributed by atoms with Crippen molar-refractivity contribution in [2.45, 2.75) is 27.3 Å². The largest absolute Gasteiger partial charge is 0.380 e. The zero-order valence-electron chi connectivity index (χ0n) is 12.2. The molecule has 0 fully saturated rings. The minimum atomic E-state index is 0.774. The Hall–Kier alpha value is -0.580. The van der Waals surface area contributed by atoms with Gasteiger partial charge in [-0.15, -0.1) is 0 Å². The number of ether oxygens (including phenoxy) is 1. The van der Waals surface area contributed by atoms with Gasteiger partial charge in [0.05, 0.1) is 12.3 Å². The topological polar surface area (TPSA) is 24.5 Å². The Morgan fingerprint density at radius 3 is 2.63 bits per heavy atom. The molecule has 0 atom stereocenters. The van der Waals surface area contributed by atoms with E-state index in [1.807, 2.05) is 6.92 Å². The van der Waals surface area contributed by atoms with Crippen LogP contribution in [0.25, 0.3) is 0 Å². The van der Waals surface area contributed by atoms with Crippen LogP contribution in [-0.4, -0.2) is 32.8 Å². The number of likely N-dealkylation sites (N-methyl/N-ethyl adjacent to an activating group) is 1. The molecule has 4 heteroatoms. The number of nitrogens with one attached hydrogen (secondary N) is 1. The Labute approximate surface area is 125 Å². The average molecular weight is 329 g/mol. The first-order valence-electron chi connectivity index (χ1n) is 7.04. The molecule has 1 aromatic rings. The number of anilines is 1. The lowest BCUT2D eigenvalue weighted by atomic mass is 10.2. The minimum absolute atomic E-state index is 0.774. The first-order chi connectivity index (χ1) is 9.22. The zero-order chi connectivity index (χ0) is 14.1. The predicted molar refractivity (Wildman–Crippen MR) is 85.9 cm³/mol. The van der Waals surface area contributed by atoms with Crippen LogP contribution in [0.5, 0.6) is 0 Å². The van der Waals surface area contributed by atoms with Gasteiger partial charge >= 0.3 is 0 Å². The lowest BCUT2D eigenvalue weighted by molar-refractivity contribution is 0.154. The van der Waals surface area contributed by atoms with Crippen LogP contribution < -0.4 is 10.2 Å². The van der Waals surface area contributed by atoms with E-state index in [0.717, 1.165) is 43.9 Å². The summed E-state index contributed by atoms with van der Waals surface area (Å²) in [7, 11) is 0. The molecule has 0 spiro atoms. The van der Waals surface area contributed by atoms with Crippen LogP contribution in [0.3, 0.4) is 0 Å². The highest BCUT2D eigenvalue weighted by Gasteiger charge is 2.08. The highest BCUT2D eigenvalue weighted by molar-refractivity contribution is 9.10. The van der Waals surface area contributed by atoms with E-state index in [9.17, 15) is 0 Å². The third-order valence-corrected chi connectivity index (χ3v) is 3.66. The van der Waals surface area contributed by atoms with Crippen molar-refractivity contribution >= 4 is 21.6 Å². The number of benzene rings is 1.